The summed E-state index contributed by atoms with van der Waals surface area (Å²) >= 11 is 1.47. The third kappa shape index (κ3) is 2.35. The van der Waals surface area contributed by atoms with E-state index in [4.69, 9.17) is 0 Å². The summed E-state index contributed by atoms with van der Waals surface area (Å²) in [4.78, 5) is 12.4. The van der Waals surface area contributed by atoms with Gasteiger partial charge in [-0.3, -0.25) is 4.98 Å². The van der Waals surface area contributed by atoms with Crippen LogP contribution in [0, 0.1) is 0 Å². The SMILES string of the molecule is c1cnc(-n2ccc(-c3nnc(-c4cccnc4)s3)n2)nc1. The minimum absolute atomic E-state index is 0.519. The molecule has 4 aromatic rings. The molecular formula is C14H9N7S. The van der Waals surface area contributed by atoms with Crippen LogP contribution in [0.1, 0.15) is 0 Å². The highest BCUT2D eigenvalue weighted by molar-refractivity contribution is 7.17. The molecule has 0 unspecified atom stereocenters. The van der Waals surface area contributed by atoms with Gasteiger partial charge in [0.25, 0.3) is 0 Å². The number of hydrogen-bond donors (Lipinski definition) is 0. The molecule has 0 saturated heterocycles. The van der Waals surface area contributed by atoms with Gasteiger partial charge in [0.1, 0.15) is 10.7 Å². The van der Waals surface area contributed by atoms with Gasteiger partial charge in [0.05, 0.1) is 0 Å². The van der Waals surface area contributed by atoms with E-state index in [1.54, 1.807) is 41.7 Å². The van der Waals surface area contributed by atoms with E-state index in [0.29, 0.717) is 5.95 Å². The van der Waals surface area contributed by atoms with Crippen LogP contribution in [0.2, 0.25) is 0 Å². The van der Waals surface area contributed by atoms with Crippen LogP contribution in [0.15, 0.2) is 55.2 Å². The van der Waals surface area contributed by atoms with Gasteiger partial charge in [-0.25, -0.2) is 14.6 Å². The van der Waals surface area contributed by atoms with E-state index in [2.05, 4.69) is 30.2 Å². The van der Waals surface area contributed by atoms with Gasteiger partial charge < -0.3 is 0 Å². The van der Waals surface area contributed by atoms with Crippen LogP contribution >= 0.6 is 11.3 Å². The molecule has 4 rings (SSSR count). The highest BCUT2D eigenvalue weighted by Gasteiger charge is 2.12. The van der Waals surface area contributed by atoms with Crippen LogP contribution in [0.4, 0.5) is 0 Å². The predicted octanol–water partition coefficient (Wildman–Crippen LogP) is 2.24. The molecule has 0 radical (unpaired) electrons. The molecule has 106 valence electrons. The van der Waals surface area contributed by atoms with E-state index in [0.717, 1.165) is 21.3 Å². The van der Waals surface area contributed by atoms with Crippen LogP contribution in [-0.2, 0) is 0 Å². The molecule has 0 aromatic carbocycles. The average molecular weight is 307 g/mol. The molecule has 4 heterocycles. The van der Waals surface area contributed by atoms with E-state index in [1.807, 2.05) is 18.2 Å². The second-order valence-electron chi connectivity index (χ2n) is 4.35. The summed E-state index contributed by atoms with van der Waals surface area (Å²) in [6.07, 6.45) is 8.65. The molecule has 0 amide bonds. The lowest BCUT2D eigenvalue weighted by Crippen LogP contribution is -2.00. The normalized spacial score (nSPS) is 10.7. The smallest absolute Gasteiger partial charge is 0.250 e. The van der Waals surface area contributed by atoms with Crippen molar-refractivity contribution in [3.8, 4) is 27.2 Å². The van der Waals surface area contributed by atoms with Crippen molar-refractivity contribution in [3.05, 3.63) is 55.2 Å². The first-order valence-corrected chi connectivity index (χ1v) is 7.29. The van der Waals surface area contributed by atoms with Crippen molar-refractivity contribution >= 4 is 11.3 Å². The van der Waals surface area contributed by atoms with E-state index < -0.39 is 0 Å². The molecule has 0 bridgehead atoms. The second-order valence-corrected chi connectivity index (χ2v) is 5.33. The van der Waals surface area contributed by atoms with E-state index in [-0.39, 0.29) is 0 Å². The molecular weight excluding hydrogens is 298 g/mol. The lowest BCUT2D eigenvalue weighted by atomic mass is 10.3. The molecule has 0 aliphatic heterocycles. The minimum atomic E-state index is 0.519. The Morgan fingerprint density at radius 1 is 0.909 bits per heavy atom. The van der Waals surface area contributed by atoms with Gasteiger partial charge in [-0.1, -0.05) is 11.3 Å². The zero-order chi connectivity index (χ0) is 14.8. The Bertz CT molecular complexity index is 810. The van der Waals surface area contributed by atoms with Gasteiger partial charge in [0.2, 0.25) is 5.95 Å². The molecule has 4 aromatic heterocycles. The fourth-order valence-corrected chi connectivity index (χ4v) is 2.69. The monoisotopic (exact) mass is 307 g/mol. The van der Waals surface area contributed by atoms with Gasteiger partial charge in [0, 0.05) is 36.5 Å². The Hall–Kier alpha value is -3.00. The Labute approximate surface area is 129 Å². The summed E-state index contributed by atoms with van der Waals surface area (Å²) in [5.41, 5.74) is 1.68. The summed E-state index contributed by atoms with van der Waals surface area (Å²) < 4.78 is 1.61. The topological polar surface area (TPSA) is 82.3 Å². The van der Waals surface area contributed by atoms with Crippen molar-refractivity contribution in [2.75, 3.05) is 0 Å². The van der Waals surface area contributed by atoms with Gasteiger partial charge in [-0.05, 0) is 24.3 Å². The van der Waals surface area contributed by atoms with Crippen LogP contribution in [0.25, 0.3) is 27.2 Å². The molecule has 0 saturated carbocycles. The average Bonchev–Trinajstić information content (AvgIpc) is 3.26. The van der Waals surface area contributed by atoms with Gasteiger partial charge in [0.15, 0.2) is 5.01 Å². The minimum Gasteiger partial charge on any atom is -0.264 e. The summed E-state index contributed by atoms with van der Waals surface area (Å²) in [5.74, 6) is 0.519. The first-order chi connectivity index (χ1) is 10.9. The van der Waals surface area contributed by atoms with Crippen LogP contribution in [-0.4, -0.2) is 34.9 Å². The fraction of sp³-hybridized carbons (Fsp3) is 0. The van der Waals surface area contributed by atoms with Crippen molar-refractivity contribution in [3.63, 3.8) is 0 Å². The lowest BCUT2D eigenvalue weighted by Gasteiger charge is -1.96. The molecule has 0 aliphatic rings. The number of aromatic nitrogens is 7. The number of nitrogens with zero attached hydrogens (tertiary/aromatic N) is 7. The zero-order valence-electron chi connectivity index (χ0n) is 11.2. The highest BCUT2D eigenvalue weighted by atomic mass is 32.1. The molecule has 22 heavy (non-hydrogen) atoms. The summed E-state index contributed by atoms with van der Waals surface area (Å²) in [6.45, 7) is 0. The highest BCUT2D eigenvalue weighted by Crippen LogP contribution is 2.28. The molecule has 0 N–H and O–H groups in total. The summed E-state index contributed by atoms with van der Waals surface area (Å²) in [6, 6.07) is 7.45. The quantitative estimate of drug-likeness (QED) is 0.577. The third-order valence-electron chi connectivity index (χ3n) is 2.90. The van der Waals surface area contributed by atoms with Crippen LogP contribution in [0.3, 0.4) is 0 Å². The Kier molecular flexibility index (Phi) is 3.13. The Morgan fingerprint density at radius 2 is 1.77 bits per heavy atom. The largest absolute Gasteiger partial charge is 0.264 e. The fourth-order valence-electron chi connectivity index (χ4n) is 1.89. The van der Waals surface area contributed by atoms with E-state index in [1.165, 1.54) is 11.3 Å². The van der Waals surface area contributed by atoms with Crippen molar-refractivity contribution < 1.29 is 0 Å². The van der Waals surface area contributed by atoms with Crippen molar-refractivity contribution in [1.82, 2.24) is 34.9 Å². The van der Waals surface area contributed by atoms with Crippen LogP contribution < -0.4 is 0 Å². The van der Waals surface area contributed by atoms with E-state index in [9.17, 15) is 0 Å². The number of pyridine rings is 1. The van der Waals surface area contributed by atoms with Gasteiger partial charge >= 0.3 is 0 Å². The maximum absolute atomic E-state index is 4.44. The second kappa shape index (κ2) is 5.41. The predicted molar refractivity (Wildman–Crippen MR) is 81.3 cm³/mol. The third-order valence-corrected chi connectivity index (χ3v) is 3.89. The molecule has 0 fully saturated rings. The summed E-state index contributed by atoms with van der Waals surface area (Å²) in [5, 5.41) is 14.4. The number of hydrogen-bond acceptors (Lipinski definition) is 7. The molecule has 0 aliphatic carbocycles. The van der Waals surface area contributed by atoms with Gasteiger partial charge in [-0.2, -0.15) is 5.10 Å². The lowest BCUT2D eigenvalue weighted by molar-refractivity contribution is 0.810. The molecule has 8 heteroatoms. The van der Waals surface area contributed by atoms with E-state index >= 15 is 0 Å². The van der Waals surface area contributed by atoms with Crippen molar-refractivity contribution in [1.29, 1.82) is 0 Å². The zero-order valence-corrected chi connectivity index (χ0v) is 12.1. The van der Waals surface area contributed by atoms with Crippen molar-refractivity contribution in [2.24, 2.45) is 0 Å². The number of rotatable bonds is 3. The Balaban J connectivity index is 1.66. The summed E-state index contributed by atoms with van der Waals surface area (Å²) in [7, 11) is 0. The standard InChI is InChI=1S/C14H9N7S/c1-3-10(9-15-5-1)12-18-19-13(22-12)11-4-8-21(20-11)14-16-6-2-7-17-14/h1-9H. The molecule has 0 atom stereocenters. The first-order valence-electron chi connectivity index (χ1n) is 6.47. The maximum atomic E-state index is 4.44. The molecule has 7 nitrogen and oxygen atoms in total. The van der Waals surface area contributed by atoms with Gasteiger partial charge in [-0.15, -0.1) is 10.2 Å². The van der Waals surface area contributed by atoms with Crippen LogP contribution in [0.5, 0.6) is 0 Å². The van der Waals surface area contributed by atoms with Crippen molar-refractivity contribution in [2.45, 2.75) is 0 Å². The maximum Gasteiger partial charge on any atom is 0.250 e. The Morgan fingerprint density at radius 3 is 2.59 bits per heavy atom. The first kappa shape index (κ1) is 12.7. The molecule has 0 spiro atoms.